The molecule has 0 radical (unpaired) electrons. The van der Waals surface area contributed by atoms with E-state index >= 15 is 0 Å². The van der Waals surface area contributed by atoms with E-state index in [2.05, 4.69) is 10.5 Å². The molecule has 0 heterocycles. The Bertz CT molecular complexity index is 746. The highest BCUT2D eigenvalue weighted by atomic mass is 16.6. The number of benzene rings is 2. The molecule has 23 heavy (non-hydrogen) atoms. The summed E-state index contributed by atoms with van der Waals surface area (Å²) in [6, 6.07) is 11.7. The molecular formula is C15H12N3O5-. The van der Waals surface area contributed by atoms with Crippen molar-refractivity contribution in [2.45, 2.75) is 6.10 Å². The fourth-order valence-corrected chi connectivity index (χ4v) is 1.78. The average Bonchev–Trinajstić information content (AvgIpc) is 2.56. The summed E-state index contributed by atoms with van der Waals surface area (Å²) in [7, 11) is 0. The van der Waals surface area contributed by atoms with Crippen molar-refractivity contribution in [2.75, 3.05) is 0 Å². The van der Waals surface area contributed by atoms with Crippen molar-refractivity contribution in [3.05, 3.63) is 69.8 Å². The molecule has 0 bridgehead atoms. The molecule has 2 rings (SSSR count). The number of nitrogens with one attached hydrogen (secondary N) is 1. The van der Waals surface area contributed by atoms with E-state index in [4.69, 9.17) is 0 Å². The van der Waals surface area contributed by atoms with Gasteiger partial charge in [-0.2, -0.15) is 5.10 Å². The van der Waals surface area contributed by atoms with Crippen LogP contribution in [0, 0.1) is 10.1 Å². The first-order valence-corrected chi connectivity index (χ1v) is 6.50. The molecule has 0 saturated heterocycles. The Labute approximate surface area is 130 Å². The second-order valence-electron chi connectivity index (χ2n) is 4.53. The standard InChI is InChI=1S/C15H13N3O5/c19-13-7-6-10(8-12(13)18(22)23)9-16-17-15(21)14(20)11-4-2-1-3-5-11/h1-9,14,19-20H,(H,17,21)/p-1/b16-9-/t14-/m0/s1. The summed E-state index contributed by atoms with van der Waals surface area (Å²) in [5, 5.41) is 35.3. The number of hydrazone groups is 1. The molecule has 0 aliphatic heterocycles. The van der Waals surface area contributed by atoms with E-state index in [1.807, 2.05) is 0 Å². The van der Waals surface area contributed by atoms with Crippen LogP contribution in [-0.4, -0.2) is 22.2 Å². The van der Waals surface area contributed by atoms with Crippen molar-refractivity contribution in [3.63, 3.8) is 0 Å². The Morgan fingerprint density at radius 1 is 1.26 bits per heavy atom. The van der Waals surface area contributed by atoms with E-state index in [1.165, 1.54) is 6.07 Å². The zero-order valence-corrected chi connectivity index (χ0v) is 11.7. The van der Waals surface area contributed by atoms with Gasteiger partial charge in [-0.1, -0.05) is 42.5 Å². The number of carbonyl (C=O) groups excluding carboxylic acids is 1. The first kappa shape index (κ1) is 16.1. The van der Waals surface area contributed by atoms with Crippen molar-refractivity contribution >= 4 is 17.8 Å². The molecule has 8 nitrogen and oxygen atoms in total. The Morgan fingerprint density at radius 2 is 1.96 bits per heavy atom. The van der Waals surface area contributed by atoms with Gasteiger partial charge in [0, 0.05) is 11.6 Å². The van der Waals surface area contributed by atoms with Gasteiger partial charge in [0.15, 0.2) is 6.10 Å². The smallest absolute Gasteiger partial charge is 0.273 e. The van der Waals surface area contributed by atoms with E-state index in [0.717, 1.165) is 18.3 Å². The summed E-state index contributed by atoms with van der Waals surface area (Å²) in [4.78, 5) is 21.6. The third-order valence-corrected chi connectivity index (χ3v) is 2.93. The zero-order chi connectivity index (χ0) is 16.8. The lowest BCUT2D eigenvalue weighted by atomic mass is 10.1. The van der Waals surface area contributed by atoms with E-state index in [0.29, 0.717) is 5.56 Å². The molecular weight excluding hydrogens is 302 g/mol. The monoisotopic (exact) mass is 314 g/mol. The first-order chi connectivity index (χ1) is 11.0. The Kier molecular flexibility index (Phi) is 5.00. The number of rotatable bonds is 5. The Hall–Kier alpha value is -3.26. The van der Waals surface area contributed by atoms with Crippen LogP contribution in [0.4, 0.5) is 5.69 Å². The fraction of sp³-hybridized carbons (Fsp3) is 0.0667. The Morgan fingerprint density at radius 3 is 2.61 bits per heavy atom. The van der Waals surface area contributed by atoms with Gasteiger partial charge in [0.2, 0.25) is 0 Å². The van der Waals surface area contributed by atoms with Gasteiger partial charge in [-0.15, -0.1) is 0 Å². The third kappa shape index (κ3) is 4.11. The molecule has 2 aromatic rings. The van der Waals surface area contributed by atoms with Crippen LogP contribution >= 0.6 is 0 Å². The summed E-state index contributed by atoms with van der Waals surface area (Å²) in [6.07, 6.45) is -0.242. The predicted octanol–water partition coefficient (Wildman–Crippen LogP) is 0.852. The quantitative estimate of drug-likeness (QED) is 0.480. The van der Waals surface area contributed by atoms with Gasteiger partial charge in [0.25, 0.3) is 11.6 Å². The molecule has 1 atom stereocenters. The van der Waals surface area contributed by atoms with Crippen LogP contribution in [-0.2, 0) is 4.79 Å². The average molecular weight is 314 g/mol. The molecule has 2 aromatic carbocycles. The first-order valence-electron chi connectivity index (χ1n) is 6.50. The van der Waals surface area contributed by atoms with Crippen LogP contribution in [0.1, 0.15) is 17.2 Å². The van der Waals surface area contributed by atoms with Gasteiger partial charge >= 0.3 is 0 Å². The van der Waals surface area contributed by atoms with Crippen LogP contribution in [0.5, 0.6) is 5.75 Å². The number of hydrogen-bond acceptors (Lipinski definition) is 6. The van der Waals surface area contributed by atoms with Crippen molar-refractivity contribution in [3.8, 4) is 5.75 Å². The van der Waals surface area contributed by atoms with Crippen LogP contribution in [0.2, 0.25) is 0 Å². The largest absolute Gasteiger partial charge is 0.868 e. The topological polar surface area (TPSA) is 128 Å². The second kappa shape index (κ2) is 7.14. The molecule has 0 aromatic heterocycles. The molecule has 0 spiro atoms. The second-order valence-corrected chi connectivity index (χ2v) is 4.53. The maximum absolute atomic E-state index is 11.7. The molecule has 0 saturated carbocycles. The highest BCUT2D eigenvalue weighted by Gasteiger charge is 2.16. The van der Waals surface area contributed by atoms with Gasteiger partial charge in [-0.05, 0) is 11.3 Å². The maximum atomic E-state index is 11.7. The molecule has 118 valence electrons. The highest BCUT2D eigenvalue weighted by molar-refractivity contribution is 5.85. The van der Waals surface area contributed by atoms with Crippen molar-refractivity contribution in [2.24, 2.45) is 5.10 Å². The predicted molar refractivity (Wildman–Crippen MR) is 79.7 cm³/mol. The minimum atomic E-state index is -1.38. The molecule has 0 aliphatic rings. The van der Waals surface area contributed by atoms with E-state index in [1.54, 1.807) is 30.3 Å². The van der Waals surface area contributed by atoms with Crippen LogP contribution in [0.15, 0.2) is 53.6 Å². The van der Waals surface area contributed by atoms with Gasteiger partial charge in [0.05, 0.1) is 11.1 Å². The molecule has 2 N–H and O–H groups in total. The fourth-order valence-electron chi connectivity index (χ4n) is 1.78. The molecule has 1 amide bonds. The summed E-state index contributed by atoms with van der Waals surface area (Å²) in [6.45, 7) is 0. The number of aliphatic hydroxyl groups excluding tert-OH is 1. The van der Waals surface area contributed by atoms with Gasteiger partial charge in [-0.3, -0.25) is 14.9 Å². The maximum Gasteiger partial charge on any atom is 0.273 e. The summed E-state index contributed by atoms with van der Waals surface area (Å²) in [5.41, 5.74) is 2.22. The number of amides is 1. The number of nitro benzene ring substituents is 1. The van der Waals surface area contributed by atoms with E-state index < -0.39 is 28.4 Å². The van der Waals surface area contributed by atoms with Crippen molar-refractivity contribution in [1.29, 1.82) is 0 Å². The molecule has 0 fully saturated rings. The van der Waals surface area contributed by atoms with Gasteiger partial charge < -0.3 is 10.2 Å². The SMILES string of the molecule is O=C(N/N=C\c1ccc([O-])c([N+](=O)[O-])c1)[C@@H](O)c1ccccc1. The highest BCUT2D eigenvalue weighted by Crippen LogP contribution is 2.22. The lowest BCUT2D eigenvalue weighted by Crippen LogP contribution is -2.25. The number of hydrogen-bond donors (Lipinski definition) is 2. The lowest BCUT2D eigenvalue weighted by Gasteiger charge is -2.08. The minimum Gasteiger partial charge on any atom is -0.868 e. The molecule has 0 aliphatic carbocycles. The van der Waals surface area contributed by atoms with E-state index in [9.17, 15) is 25.1 Å². The summed E-state index contributed by atoms with van der Waals surface area (Å²) < 4.78 is 0. The van der Waals surface area contributed by atoms with Gasteiger partial charge in [0.1, 0.15) is 0 Å². The third-order valence-electron chi connectivity index (χ3n) is 2.93. The van der Waals surface area contributed by atoms with E-state index in [-0.39, 0.29) is 5.56 Å². The number of aliphatic hydroxyl groups is 1. The van der Waals surface area contributed by atoms with Gasteiger partial charge in [-0.25, -0.2) is 5.43 Å². The number of nitrogens with zero attached hydrogens (tertiary/aromatic N) is 2. The zero-order valence-electron chi connectivity index (χ0n) is 11.7. The van der Waals surface area contributed by atoms with Crippen LogP contribution in [0.25, 0.3) is 0 Å². The number of carbonyl (C=O) groups is 1. The van der Waals surface area contributed by atoms with Crippen LogP contribution in [0.3, 0.4) is 0 Å². The minimum absolute atomic E-state index is 0.269. The summed E-state index contributed by atoms with van der Waals surface area (Å²) >= 11 is 0. The molecule has 8 heteroatoms. The Balaban J connectivity index is 2.03. The number of nitro groups is 1. The van der Waals surface area contributed by atoms with Crippen molar-refractivity contribution < 1.29 is 19.9 Å². The van der Waals surface area contributed by atoms with Crippen molar-refractivity contribution in [1.82, 2.24) is 5.43 Å². The summed E-state index contributed by atoms with van der Waals surface area (Å²) in [5.74, 6) is -1.46. The lowest BCUT2D eigenvalue weighted by molar-refractivity contribution is -0.398. The van der Waals surface area contributed by atoms with Crippen LogP contribution < -0.4 is 10.5 Å². The normalized spacial score (nSPS) is 12.0. The molecule has 0 unspecified atom stereocenters.